The van der Waals surface area contributed by atoms with Gasteiger partial charge in [0.25, 0.3) is 17.9 Å². The highest BCUT2D eigenvalue weighted by Gasteiger charge is 2.35. The summed E-state index contributed by atoms with van der Waals surface area (Å²) < 4.78 is 50.0. The van der Waals surface area contributed by atoms with E-state index in [1.807, 2.05) is 13.8 Å². The van der Waals surface area contributed by atoms with E-state index >= 15 is 0 Å². The Kier molecular flexibility index (Phi) is 7.30. The molecule has 0 saturated carbocycles. The number of halogens is 2. The third-order valence-corrected chi connectivity index (χ3v) is 5.01. The predicted octanol–water partition coefficient (Wildman–Crippen LogP) is 3.56. The van der Waals surface area contributed by atoms with E-state index in [0.29, 0.717) is 30.9 Å². The number of aromatic nitrogens is 2. The minimum atomic E-state index is -2.81. The zero-order valence-electron chi connectivity index (χ0n) is 18.4. The van der Waals surface area contributed by atoms with Crippen molar-refractivity contribution in [1.82, 2.24) is 9.55 Å². The summed E-state index contributed by atoms with van der Waals surface area (Å²) in [4.78, 5) is 17.2. The van der Waals surface area contributed by atoms with Crippen LogP contribution in [0.25, 0.3) is 11.4 Å². The first-order valence-corrected chi connectivity index (χ1v) is 10.2. The van der Waals surface area contributed by atoms with Crippen molar-refractivity contribution < 1.29 is 27.7 Å². The number of hydrogen-bond acceptors (Lipinski definition) is 7. The predicted molar refractivity (Wildman–Crippen MR) is 111 cm³/mol. The Labute approximate surface area is 184 Å². The van der Waals surface area contributed by atoms with E-state index in [-0.39, 0.29) is 34.5 Å². The lowest BCUT2D eigenvalue weighted by atomic mass is 9.92. The average Bonchev–Trinajstić information content (AvgIpc) is 2.76. The smallest absolute Gasteiger partial charge is 0.269 e. The maximum atomic E-state index is 13.4. The number of pyridine rings is 2. The number of fused-ring (bicyclic) bond motifs is 3. The molecular weight excluding hydrogens is 424 g/mol. The van der Waals surface area contributed by atoms with Crippen LogP contribution in [0.5, 0.6) is 17.4 Å². The van der Waals surface area contributed by atoms with Gasteiger partial charge in [-0.3, -0.25) is 9.36 Å². The highest BCUT2D eigenvalue weighted by Crippen LogP contribution is 2.47. The van der Waals surface area contributed by atoms with E-state index in [1.165, 1.54) is 13.2 Å². The van der Waals surface area contributed by atoms with Crippen molar-refractivity contribution in [2.24, 2.45) is 5.92 Å². The lowest BCUT2D eigenvalue weighted by Crippen LogP contribution is -2.32. The van der Waals surface area contributed by atoms with Crippen LogP contribution in [0.4, 0.5) is 8.78 Å². The van der Waals surface area contributed by atoms with Crippen molar-refractivity contribution >= 4 is 0 Å². The Morgan fingerprint density at radius 2 is 2.03 bits per heavy atom. The third kappa shape index (κ3) is 4.53. The quantitative estimate of drug-likeness (QED) is 0.540. The first-order chi connectivity index (χ1) is 15.3. The molecule has 1 atom stereocenters. The molecule has 2 aromatic rings. The Morgan fingerprint density at radius 1 is 1.28 bits per heavy atom. The zero-order valence-corrected chi connectivity index (χ0v) is 18.4. The Hall–Kier alpha value is -3.19. The molecule has 0 radical (unpaired) electrons. The molecule has 10 heteroatoms. The van der Waals surface area contributed by atoms with Gasteiger partial charge in [0.05, 0.1) is 26.0 Å². The van der Waals surface area contributed by atoms with Crippen LogP contribution < -0.4 is 19.8 Å². The van der Waals surface area contributed by atoms with E-state index < -0.39 is 24.6 Å². The second kappa shape index (κ2) is 9.96. The lowest BCUT2D eigenvalue weighted by molar-refractivity contribution is 0.122. The Morgan fingerprint density at radius 3 is 2.62 bits per heavy atom. The SMILES string of the molecule is COCCCOc1cc2c(nc1OC)-c1c(cc(C#N)c(=O)n1CC(F)F)C(C(C)C)O2. The van der Waals surface area contributed by atoms with Crippen LogP contribution in [-0.2, 0) is 11.3 Å². The van der Waals surface area contributed by atoms with Gasteiger partial charge in [0, 0.05) is 31.8 Å². The number of nitrogens with zero attached hydrogens (tertiary/aromatic N) is 3. The summed E-state index contributed by atoms with van der Waals surface area (Å²) in [5, 5.41) is 9.39. The van der Waals surface area contributed by atoms with Crippen LogP contribution in [-0.4, -0.2) is 43.4 Å². The summed E-state index contributed by atoms with van der Waals surface area (Å²) in [6.45, 7) is 3.78. The molecule has 8 nitrogen and oxygen atoms in total. The lowest BCUT2D eigenvalue weighted by Gasteiger charge is -2.32. The fourth-order valence-corrected chi connectivity index (χ4v) is 3.61. The van der Waals surface area contributed by atoms with Crippen molar-refractivity contribution in [3.8, 4) is 34.8 Å². The van der Waals surface area contributed by atoms with E-state index in [0.717, 1.165) is 4.57 Å². The van der Waals surface area contributed by atoms with Gasteiger partial charge >= 0.3 is 0 Å². The summed E-state index contributed by atoms with van der Waals surface area (Å²) in [7, 11) is 3.00. The third-order valence-electron chi connectivity index (χ3n) is 5.01. The highest BCUT2D eigenvalue weighted by molar-refractivity contribution is 5.72. The fourth-order valence-electron chi connectivity index (χ4n) is 3.61. The van der Waals surface area contributed by atoms with Gasteiger partial charge in [-0.1, -0.05) is 13.8 Å². The molecule has 0 aliphatic carbocycles. The summed E-state index contributed by atoms with van der Waals surface area (Å²) in [6.07, 6.45) is -2.75. The molecule has 0 amide bonds. The molecule has 0 N–H and O–H groups in total. The normalized spacial score (nSPS) is 14.5. The van der Waals surface area contributed by atoms with Gasteiger partial charge in [-0.2, -0.15) is 5.26 Å². The molecule has 0 spiro atoms. The van der Waals surface area contributed by atoms with Crippen molar-refractivity contribution in [2.45, 2.75) is 39.3 Å². The summed E-state index contributed by atoms with van der Waals surface area (Å²) in [5.74, 6) is 0.647. The molecular formula is C22H25F2N3O5. The van der Waals surface area contributed by atoms with Gasteiger partial charge in [-0.25, -0.2) is 13.8 Å². The van der Waals surface area contributed by atoms with Crippen molar-refractivity contribution in [2.75, 3.05) is 27.4 Å². The van der Waals surface area contributed by atoms with Crippen LogP contribution in [0.15, 0.2) is 16.9 Å². The summed E-state index contributed by atoms with van der Waals surface area (Å²) in [5.41, 5.74) is -0.207. The van der Waals surface area contributed by atoms with E-state index in [2.05, 4.69) is 4.98 Å². The number of nitriles is 1. The fraction of sp³-hybridized carbons (Fsp3) is 0.500. The Balaban J connectivity index is 2.23. The number of rotatable bonds is 9. The molecule has 1 unspecified atom stereocenters. The van der Waals surface area contributed by atoms with Gasteiger partial charge in [-0.05, 0) is 12.0 Å². The van der Waals surface area contributed by atoms with Crippen LogP contribution in [0.1, 0.15) is 37.5 Å². The second-order valence-electron chi connectivity index (χ2n) is 7.60. The van der Waals surface area contributed by atoms with Crippen LogP contribution in [0, 0.1) is 17.2 Å². The Bertz CT molecular complexity index is 1080. The summed E-state index contributed by atoms with van der Waals surface area (Å²) >= 11 is 0. The number of alkyl halides is 2. The molecule has 2 aromatic heterocycles. The molecule has 0 bridgehead atoms. The van der Waals surface area contributed by atoms with E-state index in [1.54, 1.807) is 19.2 Å². The number of ether oxygens (including phenoxy) is 4. The number of methoxy groups -OCH3 is 2. The highest BCUT2D eigenvalue weighted by atomic mass is 19.3. The molecule has 0 aromatic carbocycles. The standard InChI is InChI=1S/C22H25F2N3O5/c1-12(2)20-14-8-13(10-25)22(28)27(11-17(23)24)19(14)18-15(32-20)9-16(21(26-18)30-4)31-7-5-6-29-3/h8-9,12,17,20H,5-7,11H2,1-4H3. The monoisotopic (exact) mass is 449 g/mol. The summed E-state index contributed by atoms with van der Waals surface area (Å²) in [6, 6.07) is 4.78. The largest absolute Gasteiger partial charge is 0.488 e. The van der Waals surface area contributed by atoms with Gasteiger partial charge in [0.15, 0.2) is 11.5 Å². The van der Waals surface area contributed by atoms with Crippen molar-refractivity contribution in [3.05, 3.63) is 33.6 Å². The maximum absolute atomic E-state index is 13.4. The molecule has 1 aliphatic heterocycles. The average molecular weight is 449 g/mol. The minimum absolute atomic E-state index is 0.0842. The van der Waals surface area contributed by atoms with Gasteiger partial charge in [0.1, 0.15) is 23.4 Å². The van der Waals surface area contributed by atoms with Gasteiger partial charge in [0.2, 0.25) is 0 Å². The zero-order chi connectivity index (χ0) is 23.4. The minimum Gasteiger partial charge on any atom is -0.488 e. The van der Waals surface area contributed by atoms with E-state index in [4.69, 9.17) is 18.9 Å². The molecule has 32 heavy (non-hydrogen) atoms. The van der Waals surface area contributed by atoms with E-state index in [9.17, 15) is 18.8 Å². The molecule has 172 valence electrons. The molecule has 3 heterocycles. The second-order valence-corrected chi connectivity index (χ2v) is 7.60. The van der Waals surface area contributed by atoms with Crippen LogP contribution in [0.3, 0.4) is 0 Å². The number of hydrogen-bond donors (Lipinski definition) is 0. The van der Waals surface area contributed by atoms with Crippen LogP contribution in [0.2, 0.25) is 0 Å². The molecule has 0 fully saturated rings. The topological polar surface area (TPSA) is 95.6 Å². The van der Waals surface area contributed by atoms with Gasteiger partial charge < -0.3 is 18.9 Å². The van der Waals surface area contributed by atoms with Gasteiger partial charge in [-0.15, -0.1) is 0 Å². The first-order valence-electron chi connectivity index (χ1n) is 10.2. The molecule has 1 aliphatic rings. The molecule has 3 rings (SSSR count). The van der Waals surface area contributed by atoms with Crippen molar-refractivity contribution in [1.29, 1.82) is 5.26 Å². The maximum Gasteiger partial charge on any atom is 0.269 e. The van der Waals surface area contributed by atoms with Crippen LogP contribution >= 0.6 is 0 Å². The molecule has 0 saturated heterocycles. The van der Waals surface area contributed by atoms with Crippen molar-refractivity contribution in [3.63, 3.8) is 0 Å². The first kappa shape index (κ1) is 23.5.